The average molecular weight is 379 g/mol. The zero-order valence-electron chi connectivity index (χ0n) is 16.3. The van der Waals surface area contributed by atoms with Gasteiger partial charge >= 0.3 is 5.97 Å². The number of aliphatic hydroxyl groups is 2. The third kappa shape index (κ3) is 4.30. The zero-order chi connectivity index (χ0) is 19.4. The second-order valence-corrected chi connectivity index (χ2v) is 8.52. The number of hydrogen-bond donors (Lipinski definition) is 3. The number of allylic oxidation sites excluding steroid dienone is 1. The van der Waals surface area contributed by atoms with Crippen molar-refractivity contribution < 1.29 is 24.9 Å². The predicted molar refractivity (Wildman–Crippen MR) is 103 cm³/mol. The number of rotatable bonds is 7. The van der Waals surface area contributed by atoms with E-state index in [0.29, 0.717) is 18.8 Å². The molecule has 0 saturated heterocycles. The van der Waals surface area contributed by atoms with Crippen molar-refractivity contribution in [3.05, 3.63) is 23.8 Å². The minimum absolute atomic E-state index is 0.0198. The van der Waals surface area contributed by atoms with Crippen molar-refractivity contribution in [3.63, 3.8) is 0 Å². The van der Waals surface area contributed by atoms with Gasteiger partial charge in [-0.05, 0) is 50.0 Å². The molecule has 5 nitrogen and oxygen atoms in total. The summed E-state index contributed by atoms with van der Waals surface area (Å²) in [7, 11) is 1.71. The molecular weight excluding hydrogens is 344 g/mol. The van der Waals surface area contributed by atoms with Crippen molar-refractivity contribution in [1.82, 2.24) is 0 Å². The second kappa shape index (κ2) is 8.89. The molecule has 0 spiro atoms. The fraction of sp³-hybridized carbons (Fsp3) is 0.773. The van der Waals surface area contributed by atoms with Crippen LogP contribution in [-0.4, -0.2) is 46.2 Å². The van der Waals surface area contributed by atoms with Crippen LogP contribution in [-0.2, 0) is 9.53 Å². The summed E-state index contributed by atoms with van der Waals surface area (Å²) in [5.41, 5.74) is 0.803. The van der Waals surface area contributed by atoms with Gasteiger partial charge in [-0.15, -0.1) is 0 Å². The number of aliphatic carboxylic acids is 1. The van der Waals surface area contributed by atoms with Gasteiger partial charge < -0.3 is 20.1 Å². The molecule has 27 heavy (non-hydrogen) atoms. The minimum atomic E-state index is -0.786. The fourth-order valence-electron chi connectivity index (χ4n) is 5.45. The lowest BCUT2D eigenvalue weighted by atomic mass is 9.53. The van der Waals surface area contributed by atoms with Gasteiger partial charge in [-0.3, -0.25) is 4.79 Å². The van der Waals surface area contributed by atoms with Crippen molar-refractivity contribution in [2.24, 2.45) is 17.8 Å². The smallest absolute Gasteiger partial charge is 0.303 e. The number of carboxylic acid groups (broad SMARTS) is 1. The first-order chi connectivity index (χ1) is 13.0. The summed E-state index contributed by atoms with van der Waals surface area (Å²) >= 11 is 0. The Labute approximate surface area is 162 Å². The summed E-state index contributed by atoms with van der Waals surface area (Å²) in [6.07, 6.45) is 13.8. The molecule has 0 aliphatic heterocycles. The number of hydrogen-bond acceptors (Lipinski definition) is 4. The van der Waals surface area contributed by atoms with Crippen molar-refractivity contribution >= 4 is 5.97 Å². The van der Waals surface area contributed by atoms with Crippen molar-refractivity contribution in [2.75, 3.05) is 7.11 Å². The minimum Gasteiger partial charge on any atom is -0.481 e. The molecule has 0 aromatic heterocycles. The Bertz CT molecular complexity index is 577. The van der Waals surface area contributed by atoms with E-state index < -0.39 is 18.2 Å². The maximum atomic E-state index is 10.8. The molecule has 0 amide bonds. The molecule has 0 radical (unpaired) electrons. The Morgan fingerprint density at radius 1 is 1.30 bits per heavy atom. The molecular formula is C22H34O5. The molecule has 3 aliphatic carbocycles. The Morgan fingerprint density at radius 3 is 2.70 bits per heavy atom. The molecule has 5 unspecified atom stereocenters. The van der Waals surface area contributed by atoms with Crippen LogP contribution in [0.3, 0.4) is 0 Å². The molecule has 0 aromatic carbocycles. The first kappa shape index (κ1) is 20.6. The molecule has 0 heterocycles. The lowest BCUT2D eigenvalue weighted by Gasteiger charge is -2.58. The second-order valence-electron chi connectivity index (χ2n) is 8.52. The first-order valence-corrected chi connectivity index (χ1v) is 10.5. The van der Waals surface area contributed by atoms with E-state index in [0.717, 1.165) is 25.7 Å². The molecule has 5 heteroatoms. The summed E-state index contributed by atoms with van der Waals surface area (Å²) in [5.74, 6) is -0.271. The number of carboxylic acids is 1. The molecule has 0 bridgehead atoms. The topological polar surface area (TPSA) is 87.0 Å². The third-order valence-corrected chi connectivity index (χ3v) is 7.08. The van der Waals surface area contributed by atoms with E-state index in [1.807, 2.05) is 18.2 Å². The van der Waals surface area contributed by atoms with Gasteiger partial charge in [0.2, 0.25) is 0 Å². The fourth-order valence-corrected chi connectivity index (χ4v) is 5.45. The molecule has 3 N–H and O–H groups in total. The highest BCUT2D eigenvalue weighted by Crippen LogP contribution is 2.57. The maximum absolute atomic E-state index is 10.8. The molecule has 3 fully saturated rings. The number of ether oxygens (including phenoxy) is 1. The van der Waals surface area contributed by atoms with Gasteiger partial charge in [0, 0.05) is 25.4 Å². The molecule has 3 saturated carbocycles. The largest absolute Gasteiger partial charge is 0.481 e. The standard InChI is InChI=1S/C22H34O5/c1-27-22-13-12-20(24)17(10-11-19(23)15-6-3-2-4-7-15)18(22)14-16(22)8-5-9-21(25)26/h8,10-11,15,17-20,23-24H,2-7,9,12-14H2,1H3,(H,25,26)/b11-10+,16-8-. The number of aliphatic hydroxyl groups excluding tert-OH is 2. The summed E-state index contributed by atoms with van der Waals surface area (Å²) in [5, 5.41) is 30.0. The molecule has 3 aliphatic rings. The van der Waals surface area contributed by atoms with Gasteiger partial charge in [0.05, 0.1) is 17.8 Å². The summed E-state index contributed by atoms with van der Waals surface area (Å²) in [6.45, 7) is 0. The highest BCUT2D eigenvalue weighted by Gasteiger charge is 2.57. The van der Waals surface area contributed by atoms with Crippen molar-refractivity contribution in [1.29, 1.82) is 0 Å². The quantitative estimate of drug-likeness (QED) is 0.591. The van der Waals surface area contributed by atoms with Crippen LogP contribution in [0.2, 0.25) is 0 Å². The van der Waals surface area contributed by atoms with Gasteiger partial charge in [-0.25, -0.2) is 0 Å². The van der Waals surface area contributed by atoms with Crippen LogP contribution in [0.25, 0.3) is 0 Å². The van der Waals surface area contributed by atoms with Gasteiger partial charge in [-0.1, -0.05) is 37.5 Å². The predicted octanol–water partition coefficient (Wildman–Crippen LogP) is 3.45. The summed E-state index contributed by atoms with van der Waals surface area (Å²) in [6, 6.07) is 0. The van der Waals surface area contributed by atoms with E-state index in [4.69, 9.17) is 9.84 Å². The van der Waals surface area contributed by atoms with Crippen LogP contribution in [0, 0.1) is 17.8 Å². The van der Waals surface area contributed by atoms with Gasteiger partial charge in [0.1, 0.15) is 0 Å². The highest BCUT2D eigenvalue weighted by atomic mass is 16.5. The van der Waals surface area contributed by atoms with E-state index >= 15 is 0 Å². The van der Waals surface area contributed by atoms with E-state index in [2.05, 4.69) is 0 Å². The monoisotopic (exact) mass is 378 g/mol. The molecule has 5 atom stereocenters. The molecule has 3 rings (SSSR count). The van der Waals surface area contributed by atoms with E-state index in [1.54, 1.807) is 7.11 Å². The van der Waals surface area contributed by atoms with Gasteiger partial charge in [0.15, 0.2) is 0 Å². The van der Waals surface area contributed by atoms with Crippen LogP contribution in [0.15, 0.2) is 23.8 Å². The average Bonchev–Trinajstić information content (AvgIpc) is 2.66. The summed E-state index contributed by atoms with van der Waals surface area (Å²) < 4.78 is 5.93. The lowest BCUT2D eigenvalue weighted by molar-refractivity contribution is -0.141. The van der Waals surface area contributed by atoms with Gasteiger partial charge in [-0.2, -0.15) is 0 Å². The van der Waals surface area contributed by atoms with Crippen LogP contribution in [0.4, 0.5) is 0 Å². The van der Waals surface area contributed by atoms with Crippen LogP contribution in [0.1, 0.15) is 64.2 Å². The van der Waals surface area contributed by atoms with Crippen LogP contribution >= 0.6 is 0 Å². The summed E-state index contributed by atoms with van der Waals surface area (Å²) in [4.78, 5) is 10.8. The number of methoxy groups -OCH3 is 1. The van der Waals surface area contributed by atoms with Gasteiger partial charge in [0.25, 0.3) is 0 Å². The maximum Gasteiger partial charge on any atom is 0.303 e. The Balaban J connectivity index is 1.67. The molecule has 0 aromatic rings. The van der Waals surface area contributed by atoms with E-state index in [-0.39, 0.29) is 23.9 Å². The lowest BCUT2D eigenvalue weighted by Crippen LogP contribution is -2.59. The van der Waals surface area contributed by atoms with Crippen LogP contribution in [0.5, 0.6) is 0 Å². The van der Waals surface area contributed by atoms with Crippen molar-refractivity contribution in [2.45, 2.75) is 82.0 Å². The number of fused-ring (bicyclic) bond motifs is 1. The van der Waals surface area contributed by atoms with Crippen molar-refractivity contribution in [3.8, 4) is 0 Å². The first-order valence-electron chi connectivity index (χ1n) is 10.5. The van der Waals surface area contributed by atoms with E-state index in [1.165, 1.54) is 24.8 Å². The van der Waals surface area contributed by atoms with Crippen LogP contribution < -0.4 is 0 Å². The van der Waals surface area contributed by atoms with E-state index in [9.17, 15) is 15.0 Å². The zero-order valence-corrected chi connectivity index (χ0v) is 16.3. The normalized spacial score (nSPS) is 37.1. The Kier molecular flexibility index (Phi) is 6.77. The molecule has 152 valence electrons. The Hall–Kier alpha value is -1.17. The SMILES string of the molecule is COC12CCC(O)C(/C=C/C(O)C3CCCCC3)C1C/C2=C/CCC(=O)O. The third-order valence-electron chi connectivity index (χ3n) is 7.08. The number of carbonyl (C=O) groups is 1. The Morgan fingerprint density at radius 2 is 2.04 bits per heavy atom. The highest BCUT2D eigenvalue weighted by molar-refractivity contribution is 5.66.